The summed E-state index contributed by atoms with van der Waals surface area (Å²) in [4.78, 5) is 34.9. The molecule has 0 saturated heterocycles. The van der Waals surface area contributed by atoms with Gasteiger partial charge < -0.3 is 15.7 Å². The Kier molecular flexibility index (Phi) is 4.68. The van der Waals surface area contributed by atoms with Crippen molar-refractivity contribution in [2.24, 2.45) is 0 Å². The third kappa shape index (κ3) is 4.28. The van der Waals surface area contributed by atoms with Crippen LogP contribution in [-0.2, 0) is 14.4 Å². The van der Waals surface area contributed by atoms with Gasteiger partial charge in [0.25, 0.3) is 0 Å². The molecule has 0 fully saturated rings. The Hall–Kier alpha value is -2.44. The Balaban J connectivity index is 2.17. The molecule has 0 aliphatic carbocycles. The minimum atomic E-state index is -0.940. The van der Waals surface area contributed by atoms with E-state index in [0.717, 1.165) is 0 Å². The molecule has 2 amide bonds. The highest BCUT2D eigenvalue weighted by molar-refractivity contribution is 6.01. The number of halogens is 1. The first kappa shape index (κ1) is 16.9. The SMILES string of the molecule is CC(C)(CCC(=O)O)NC(=O)C1CC(=O)Nc2cc(F)ccc21. The van der Waals surface area contributed by atoms with Gasteiger partial charge in [-0.05, 0) is 38.0 Å². The van der Waals surface area contributed by atoms with E-state index in [1.807, 2.05) is 0 Å². The van der Waals surface area contributed by atoms with Crippen LogP contribution in [0.5, 0.6) is 0 Å². The smallest absolute Gasteiger partial charge is 0.303 e. The molecule has 1 aromatic carbocycles. The highest BCUT2D eigenvalue weighted by Crippen LogP contribution is 2.33. The van der Waals surface area contributed by atoms with Gasteiger partial charge in [-0.3, -0.25) is 14.4 Å². The molecule has 1 aliphatic heterocycles. The van der Waals surface area contributed by atoms with Crippen molar-refractivity contribution in [3.8, 4) is 0 Å². The van der Waals surface area contributed by atoms with Gasteiger partial charge in [-0.1, -0.05) is 6.07 Å². The first-order valence-electron chi connectivity index (χ1n) is 7.31. The van der Waals surface area contributed by atoms with Gasteiger partial charge in [0.2, 0.25) is 11.8 Å². The van der Waals surface area contributed by atoms with Crippen LogP contribution in [0.4, 0.5) is 10.1 Å². The van der Waals surface area contributed by atoms with Crippen molar-refractivity contribution in [2.75, 3.05) is 5.32 Å². The Morgan fingerprint density at radius 3 is 2.78 bits per heavy atom. The number of anilines is 1. The fourth-order valence-electron chi connectivity index (χ4n) is 2.57. The third-order valence-electron chi connectivity index (χ3n) is 3.80. The normalized spacial score (nSPS) is 17.2. The second-order valence-electron chi connectivity index (χ2n) is 6.30. The summed E-state index contributed by atoms with van der Waals surface area (Å²) in [6, 6.07) is 3.91. The predicted molar refractivity (Wildman–Crippen MR) is 81.5 cm³/mol. The van der Waals surface area contributed by atoms with Gasteiger partial charge in [-0.25, -0.2) is 4.39 Å². The molecule has 1 unspecified atom stereocenters. The summed E-state index contributed by atoms with van der Waals surface area (Å²) >= 11 is 0. The average molecular weight is 322 g/mol. The van der Waals surface area contributed by atoms with E-state index in [9.17, 15) is 18.8 Å². The minimum Gasteiger partial charge on any atom is -0.481 e. The summed E-state index contributed by atoms with van der Waals surface area (Å²) in [7, 11) is 0. The summed E-state index contributed by atoms with van der Waals surface area (Å²) in [5.41, 5.74) is 0.131. The van der Waals surface area contributed by atoms with Crippen LogP contribution in [0, 0.1) is 5.82 Å². The summed E-state index contributed by atoms with van der Waals surface area (Å²) < 4.78 is 13.3. The van der Waals surface area contributed by atoms with Gasteiger partial charge in [-0.2, -0.15) is 0 Å². The van der Waals surface area contributed by atoms with Crippen LogP contribution in [0.2, 0.25) is 0 Å². The number of nitrogens with one attached hydrogen (secondary N) is 2. The molecule has 1 atom stereocenters. The minimum absolute atomic E-state index is 0.0283. The van der Waals surface area contributed by atoms with Crippen molar-refractivity contribution in [1.29, 1.82) is 0 Å². The topological polar surface area (TPSA) is 95.5 Å². The lowest BCUT2D eigenvalue weighted by atomic mass is 9.88. The summed E-state index contributed by atoms with van der Waals surface area (Å²) in [5, 5.41) is 14.1. The second kappa shape index (κ2) is 6.36. The average Bonchev–Trinajstić information content (AvgIpc) is 2.43. The number of hydrogen-bond acceptors (Lipinski definition) is 3. The Labute approximate surface area is 133 Å². The van der Waals surface area contributed by atoms with Gasteiger partial charge in [0, 0.05) is 24.1 Å². The number of carbonyl (C=O) groups is 3. The van der Waals surface area contributed by atoms with Crippen LogP contribution in [0.3, 0.4) is 0 Å². The number of carboxylic acid groups (broad SMARTS) is 1. The van der Waals surface area contributed by atoms with E-state index < -0.39 is 23.2 Å². The van der Waals surface area contributed by atoms with E-state index in [2.05, 4.69) is 10.6 Å². The zero-order valence-corrected chi connectivity index (χ0v) is 13.0. The monoisotopic (exact) mass is 322 g/mol. The molecule has 7 heteroatoms. The molecule has 0 radical (unpaired) electrons. The first-order valence-corrected chi connectivity index (χ1v) is 7.31. The van der Waals surface area contributed by atoms with Crippen LogP contribution in [0.1, 0.15) is 44.6 Å². The summed E-state index contributed by atoms with van der Waals surface area (Å²) in [6.07, 6.45) is 0.170. The molecule has 0 aromatic heterocycles. The number of aliphatic carboxylic acids is 1. The van der Waals surface area contributed by atoms with E-state index in [1.54, 1.807) is 13.8 Å². The van der Waals surface area contributed by atoms with Gasteiger partial charge in [0.05, 0.1) is 5.92 Å². The van der Waals surface area contributed by atoms with Crippen LogP contribution in [0.15, 0.2) is 18.2 Å². The fourth-order valence-corrected chi connectivity index (χ4v) is 2.57. The van der Waals surface area contributed by atoms with Gasteiger partial charge in [0.15, 0.2) is 0 Å². The molecule has 1 aromatic rings. The van der Waals surface area contributed by atoms with E-state index in [0.29, 0.717) is 11.3 Å². The van der Waals surface area contributed by atoms with E-state index in [1.165, 1.54) is 18.2 Å². The maximum absolute atomic E-state index is 13.3. The Morgan fingerprint density at radius 2 is 2.13 bits per heavy atom. The number of hydrogen-bond donors (Lipinski definition) is 3. The number of amides is 2. The van der Waals surface area contributed by atoms with Crippen molar-refractivity contribution in [3.05, 3.63) is 29.6 Å². The van der Waals surface area contributed by atoms with Crippen molar-refractivity contribution < 1.29 is 23.9 Å². The van der Waals surface area contributed by atoms with Crippen molar-refractivity contribution >= 4 is 23.5 Å². The molecule has 0 spiro atoms. The molecule has 2 rings (SSSR count). The Morgan fingerprint density at radius 1 is 1.43 bits per heavy atom. The molecule has 124 valence electrons. The Bertz CT molecular complexity index is 657. The largest absolute Gasteiger partial charge is 0.481 e. The highest BCUT2D eigenvalue weighted by atomic mass is 19.1. The van der Waals surface area contributed by atoms with Crippen molar-refractivity contribution in [3.63, 3.8) is 0 Å². The van der Waals surface area contributed by atoms with E-state index in [-0.39, 0.29) is 31.1 Å². The molecule has 6 nitrogen and oxygen atoms in total. The van der Waals surface area contributed by atoms with Gasteiger partial charge in [-0.15, -0.1) is 0 Å². The molecular formula is C16H19FN2O4. The van der Waals surface area contributed by atoms with E-state index >= 15 is 0 Å². The number of fused-ring (bicyclic) bond motifs is 1. The summed E-state index contributed by atoms with van der Waals surface area (Å²) in [5.74, 6) is -2.88. The van der Waals surface area contributed by atoms with Crippen LogP contribution >= 0.6 is 0 Å². The van der Waals surface area contributed by atoms with Crippen molar-refractivity contribution in [2.45, 2.75) is 44.6 Å². The third-order valence-corrected chi connectivity index (χ3v) is 3.80. The molecule has 3 N–H and O–H groups in total. The predicted octanol–water partition coefficient (Wildman–Crippen LogP) is 2.01. The second-order valence-corrected chi connectivity index (χ2v) is 6.30. The zero-order chi connectivity index (χ0) is 17.2. The lowest BCUT2D eigenvalue weighted by Crippen LogP contribution is -2.47. The maximum Gasteiger partial charge on any atom is 0.303 e. The van der Waals surface area contributed by atoms with Crippen LogP contribution < -0.4 is 10.6 Å². The number of carbonyl (C=O) groups excluding carboxylic acids is 2. The first-order chi connectivity index (χ1) is 10.7. The van der Waals surface area contributed by atoms with Gasteiger partial charge >= 0.3 is 5.97 Å². The summed E-state index contributed by atoms with van der Waals surface area (Å²) in [6.45, 7) is 3.45. The number of benzene rings is 1. The lowest BCUT2D eigenvalue weighted by Gasteiger charge is -2.31. The van der Waals surface area contributed by atoms with Crippen molar-refractivity contribution in [1.82, 2.24) is 5.32 Å². The fraction of sp³-hybridized carbons (Fsp3) is 0.438. The molecular weight excluding hydrogens is 303 g/mol. The van der Waals surface area contributed by atoms with Gasteiger partial charge in [0.1, 0.15) is 5.82 Å². The van der Waals surface area contributed by atoms with E-state index in [4.69, 9.17) is 5.11 Å². The molecule has 23 heavy (non-hydrogen) atoms. The lowest BCUT2D eigenvalue weighted by molar-refractivity contribution is -0.138. The molecule has 0 bridgehead atoms. The molecule has 1 heterocycles. The number of carboxylic acids is 1. The van der Waals surface area contributed by atoms with Crippen LogP contribution in [0.25, 0.3) is 0 Å². The quantitative estimate of drug-likeness (QED) is 0.773. The standard InChI is InChI=1S/C16H19FN2O4/c1-16(2,6-5-14(21)22)19-15(23)11-8-13(20)18-12-7-9(17)3-4-10(11)12/h3-4,7,11H,5-6,8H2,1-2H3,(H,18,20)(H,19,23)(H,21,22). The molecule has 0 saturated carbocycles. The molecule has 1 aliphatic rings. The highest BCUT2D eigenvalue weighted by Gasteiger charge is 2.33. The number of rotatable bonds is 5. The maximum atomic E-state index is 13.3. The zero-order valence-electron chi connectivity index (χ0n) is 13.0. The van der Waals surface area contributed by atoms with Crippen LogP contribution in [-0.4, -0.2) is 28.4 Å².